The molecule has 0 fully saturated rings. The second-order valence-corrected chi connectivity index (χ2v) is 38.6. The fourth-order valence-electron chi connectivity index (χ4n) is 22.2. The van der Waals surface area contributed by atoms with Crippen LogP contribution >= 0.6 is 0 Å². The summed E-state index contributed by atoms with van der Waals surface area (Å²) in [7, 11) is 0. The summed E-state index contributed by atoms with van der Waals surface area (Å²) >= 11 is 0. The minimum absolute atomic E-state index is 0.0788. The molecule has 0 spiro atoms. The van der Waals surface area contributed by atoms with Gasteiger partial charge in [-0.25, -0.2) is 0 Å². The molecule has 24 aromatic rings. The molecule has 0 radical (unpaired) electrons. The first-order chi connectivity index (χ1) is 68.1. The summed E-state index contributed by atoms with van der Waals surface area (Å²) in [5.41, 5.74) is 43.6. The first kappa shape index (κ1) is 83.5. The number of benzene rings is 21. The SMILES string of the molecule is CC1(C)c2ccccc2-c2ccc(N(c3ccc(-c4ccc5oc6ccccc6c5c4)cc3)c3ccc4c(c3)C(C)(C)c3ccccc3-4)cc21.CC1(C)c2ccccc2-c2ccc(N(c3ccc(-c4ccccc4)cc3)c3ccc(-c4ccc5oc6ccccc6c5c4)cc3)cc21.c1ccc(-c2ccc(N(c3ccc(-c4ccc5oc6ccccc6c5c4)cc3)c3cccc4ccccc34)cc2)cc1. The fourth-order valence-corrected chi connectivity index (χ4v) is 22.2. The van der Waals surface area contributed by atoms with E-state index in [0.717, 1.165) is 117 Å². The van der Waals surface area contributed by atoms with Crippen molar-refractivity contribution in [3.8, 4) is 89.0 Å². The van der Waals surface area contributed by atoms with Crippen molar-refractivity contribution >= 4 is 128 Å². The van der Waals surface area contributed by atoms with Gasteiger partial charge in [0.25, 0.3) is 0 Å². The van der Waals surface area contributed by atoms with Crippen molar-refractivity contribution in [3.05, 3.63) is 513 Å². The van der Waals surface area contributed by atoms with Crippen LogP contribution in [-0.4, -0.2) is 0 Å². The van der Waals surface area contributed by atoms with Crippen LogP contribution < -0.4 is 14.7 Å². The molecule has 27 rings (SSSR count). The zero-order valence-electron chi connectivity index (χ0n) is 78.2. The number of anilines is 9. The van der Waals surface area contributed by atoms with Crippen LogP contribution in [0.15, 0.2) is 492 Å². The van der Waals surface area contributed by atoms with Crippen LogP contribution in [0.1, 0.15) is 74.9 Å². The van der Waals surface area contributed by atoms with Crippen molar-refractivity contribution in [1.29, 1.82) is 0 Å². The van der Waals surface area contributed by atoms with E-state index in [9.17, 15) is 0 Å². The number of hydrogen-bond donors (Lipinski definition) is 0. The fraction of sp³-hybridized carbons (Fsp3) is 0.0677. The monoisotopic (exact) mass is 1780 g/mol. The number of nitrogens with zero attached hydrogens (tertiary/aromatic N) is 3. The molecule has 0 saturated carbocycles. The summed E-state index contributed by atoms with van der Waals surface area (Å²) in [4.78, 5) is 7.17. The second kappa shape index (κ2) is 33.6. The Balaban J connectivity index is 0.000000111. The quantitative estimate of drug-likeness (QED) is 0.108. The predicted molar refractivity (Wildman–Crippen MR) is 583 cm³/mol. The molecule has 6 heteroatoms. The Hall–Kier alpha value is -17.3. The van der Waals surface area contributed by atoms with Gasteiger partial charge >= 0.3 is 0 Å². The zero-order valence-corrected chi connectivity index (χ0v) is 78.2. The van der Waals surface area contributed by atoms with Crippen LogP contribution in [0.5, 0.6) is 0 Å². The maximum atomic E-state index is 6.12. The van der Waals surface area contributed by atoms with Gasteiger partial charge in [0.05, 0.1) is 5.69 Å². The lowest BCUT2D eigenvalue weighted by Gasteiger charge is -2.30. The maximum Gasteiger partial charge on any atom is 0.135 e. The van der Waals surface area contributed by atoms with Gasteiger partial charge in [0.1, 0.15) is 33.5 Å². The Morgan fingerprint density at radius 2 is 0.388 bits per heavy atom. The van der Waals surface area contributed by atoms with Crippen molar-refractivity contribution in [2.45, 2.75) is 57.8 Å². The summed E-state index contributed by atoms with van der Waals surface area (Å²) in [6.45, 7) is 14.1. The molecule has 0 N–H and O–H groups in total. The Morgan fingerprint density at radius 3 is 0.734 bits per heavy atom. The third kappa shape index (κ3) is 14.6. The van der Waals surface area contributed by atoms with Crippen molar-refractivity contribution < 1.29 is 13.3 Å². The molecule has 3 aliphatic rings. The molecule has 0 saturated heterocycles. The molecule has 0 amide bonds. The number of furan rings is 3. The molecule has 0 bridgehead atoms. The van der Waals surface area contributed by atoms with E-state index in [1.165, 1.54) is 133 Å². The Labute approximate surface area is 809 Å². The average molecular weight is 1790 g/mol. The molecule has 3 heterocycles. The first-order valence-corrected chi connectivity index (χ1v) is 48.1. The summed E-state index contributed by atoms with van der Waals surface area (Å²) in [6.07, 6.45) is 0. The Morgan fingerprint density at radius 1 is 0.151 bits per heavy atom. The van der Waals surface area contributed by atoms with E-state index in [-0.39, 0.29) is 16.2 Å². The second-order valence-electron chi connectivity index (χ2n) is 38.6. The lowest BCUT2D eigenvalue weighted by atomic mass is 9.82. The zero-order chi connectivity index (χ0) is 93.2. The van der Waals surface area contributed by atoms with Gasteiger partial charge < -0.3 is 28.0 Å². The Kier molecular flexibility index (Phi) is 20.2. The van der Waals surface area contributed by atoms with E-state index < -0.39 is 0 Å². The minimum Gasteiger partial charge on any atom is -0.456 e. The lowest BCUT2D eigenvalue weighted by Crippen LogP contribution is -2.18. The molecule has 0 atom stereocenters. The van der Waals surface area contributed by atoms with Gasteiger partial charge in [-0.2, -0.15) is 0 Å². The summed E-state index contributed by atoms with van der Waals surface area (Å²) in [6, 6.07) is 173. The van der Waals surface area contributed by atoms with Gasteiger partial charge in [-0.1, -0.05) is 363 Å². The van der Waals surface area contributed by atoms with Crippen LogP contribution in [0.25, 0.3) is 166 Å². The van der Waals surface area contributed by atoms with Crippen molar-refractivity contribution in [2.75, 3.05) is 14.7 Å². The van der Waals surface area contributed by atoms with Gasteiger partial charge in [-0.3, -0.25) is 0 Å². The highest BCUT2D eigenvalue weighted by molar-refractivity contribution is 6.10. The predicted octanol–water partition coefficient (Wildman–Crippen LogP) is 37.6. The summed E-state index contributed by atoms with van der Waals surface area (Å²) in [5, 5.41) is 9.31. The molecule has 3 aromatic heterocycles. The van der Waals surface area contributed by atoms with Crippen LogP contribution in [0.4, 0.5) is 51.2 Å². The van der Waals surface area contributed by atoms with Crippen LogP contribution in [0.3, 0.4) is 0 Å². The highest BCUT2D eigenvalue weighted by Gasteiger charge is 2.40. The molecular weight excluding hydrogens is 1690 g/mol. The standard InChI is InChI=1S/C48H37NO.C45H33NO.C40H27NO/c1-47(2)41-14-8-5-11-35(41)37-24-22-33(28-43(37)47)49(34-23-25-38-36-12-6-9-15-42(36)48(3,4)44(38)29-34)32-20-17-30(18-21-32)31-19-26-46-40(27-31)39-13-7-10-16-45(39)50-46;1-45(2)41-14-8-6-12-37(41)38-26-25-36(29-42(38)45)46(34-21-16-31(17-22-34)30-10-4-3-5-11-30)35-23-18-32(19-24-35)33-20-27-44-40(28-33)39-13-7-9-15-43(39)47-44;1-2-9-28(10-3-1)29-17-22-33(23-18-29)41(38-15-8-12-31-11-4-5-13-35(31)38)34-24-19-30(20-25-34)32-21-26-40-37(27-32)36-14-6-7-16-39(36)42-40/h5-29H,1-4H3;3-29H,1-2H3;1-27H. The first-order valence-electron chi connectivity index (χ1n) is 48.1. The minimum atomic E-state index is -0.0884. The van der Waals surface area contributed by atoms with Crippen LogP contribution in [0, 0.1) is 0 Å². The van der Waals surface area contributed by atoms with Gasteiger partial charge in [0.2, 0.25) is 0 Å². The number of fused-ring (bicyclic) bond motifs is 19. The molecule has 139 heavy (non-hydrogen) atoms. The average Bonchev–Trinajstić information content (AvgIpc) is 1.57. The molecule has 662 valence electrons. The largest absolute Gasteiger partial charge is 0.456 e. The molecule has 3 aliphatic carbocycles. The van der Waals surface area contributed by atoms with E-state index in [0.29, 0.717) is 0 Å². The third-order valence-electron chi connectivity index (χ3n) is 29.5. The van der Waals surface area contributed by atoms with Crippen molar-refractivity contribution in [1.82, 2.24) is 0 Å². The Bertz CT molecular complexity index is 8770. The molecule has 21 aromatic carbocycles. The smallest absolute Gasteiger partial charge is 0.135 e. The van der Waals surface area contributed by atoms with Crippen molar-refractivity contribution in [2.24, 2.45) is 0 Å². The van der Waals surface area contributed by atoms with Gasteiger partial charge in [0.15, 0.2) is 0 Å². The lowest BCUT2D eigenvalue weighted by molar-refractivity contribution is 0.660. The number of hydrogen-bond acceptors (Lipinski definition) is 6. The van der Waals surface area contributed by atoms with Gasteiger partial charge in [-0.05, 0) is 286 Å². The van der Waals surface area contributed by atoms with Crippen LogP contribution in [-0.2, 0) is 16.2 Å². The highest BCUT2D eigenvalue weighted by Crippen LogP contribution is 2.56. The van der Waals surface area contributed by atoms with Gasteiger partial charge in [0, 0.05) is 99.4 Å². The van der Waals surface area contributed by atoms with E-state index in [1.807, 2.05) is 36.4 Å². The molecule has 0 aliphatic heterocycles. The maximum absolute atomic E-state index is 6.12. The third-order valence-corrected chi connectivity index (χ3v) is 29.5. The van der Waals surface area contributed by atoms with E-state index in [1.54, 1.807) is 0 Å². The normalized spacial score (nSPS) is 13.1. The van der Waals surface area contributed by atoms with Crippen molar-refractivity contribution in [3.63, 3.8) is 0 Å². The number of rotatable bonds is 14. The van der Waals surface area contributed by atoms with E-state index >= 15 is 0 Å². The molecule has 0 unspecified atom stereocenters. The number of para-hydroxylation sites is 3. The summed E-state index contributed by atoms with van der Waals surface area (Å²) in [5.74, 6) is 0. The summed E-state index contributed by atoms with van der Waals surface area (Å²) < 4.78 is 18.3. The van der Waals surface area contributed by atoms with E-state index in [2.05, 4.69) is 499 Å². The molecular formula is C133H97N3O3. The van der Waals surface area contributed by atoms with Gasteiger partial charge in [-0.15, -0.1) is 0 Å². The van der Waals surface area contributed by atoms with E-state index in [4.69, 9.17) is 13.3 Å². The topological polar surface area (TPSA) is 49.1 Å². The van der Waals surface area contributed by atoms with Crippen LogP contribution in [0.2, 0.25) is 0 Å². The molecule has 6 nitrogen and oxygen atoms in total. The highest BCUT2D eigenvalue weighted by atomic mass is 16.3.